The van der Waals surface area contributed by atoms with E-state index in [1.165, 1.54) is 24.3 Å². The van der Waals surface area contributed by atoms with E-state index in [2.05, 4.69) is 0 Å². The van der Waals surface area contributed by atoms with Crippen LogP contribution in [0.25, 0.3) is 0 Å². The van der Waals surface area contributed by atoms with Crippen LogP contribution in [0.3, 0.4) is 0 Å². The van der Waals surface area contributed by atoms with Gasteiger partial charge in [0.2, 0.25) is 0 Å². The lowest BCUT2D eigenvalue weighted by atomic mass is 9.99. The van der Waals surface area contributed by atoms with Crippen molar-refractivity contribution >= 4 is 0 Å². The van der Waals surface area contributed by atoms with Crippen molar-refractivity contribution in [1.29, 1.82) is 0 Å². The number of rotatable bonds is 4. The maximum Gasteiger partial charge on any atom is 0.184 e. The lowest BCUT2D eigenvalue weighted by molar-refractivity contribution is -0.373. The van der Waals surface area contributed by atoms with Crippen LogP contribution in [0.2, 0.25) is 0 Å². The zero-order valence-corrected chi connectivity index (χ0v) is 14.9. The van der Waals surface area contributed by atoms with E-state index in [0.29, 0.717) is 11.1 Å². The van der Waals surface area contributed by atoms with Crippen molar-refractivity contribution in [2.45, 2.75) is 37.0 Å². The molecule has 0 amide bonds. The summed E-state index contributed by atoms with van der Waals surface area (Å²) >= 11 is 0. The minimum absolute atomic E-state index is 0.116. The highest BCUT2D eigenvalue weighted by molar-refractivity contribution is 5.28. The number of aromatic hydroxyl groups is 2. The van der Waals surface area contributed by atoms with Crippen molar-refractivity contribution in [3.8, 4) is 11.5 Å². The van der Waals surface area contributed by atoms with Gasteiger partial charge in [0.25, 0.3) is 0 Å². The predicted octanol–water partition coefficient (Wildman–Crippen LogP) is 1.35. The number of phenols is 2. The Morgan fingerprint density at radius 2 is 1.39 bits per heavy atom. The molecule has 0 saturated carbocycles. The molecule has 150 valence electrons. The Morgan fingerprint density at radius 3 is 1.96 bits per heavy atom. The number of benzene rings is 2. The first-order valence-corrected chi connectivity index (χ1v) is 9.00. The molecule has 2 aliphatic heterocycles. The fraction of sp³-hybridized carbons (Fsp3) is 0.400. The monoisotopic (exact) mass is 390 g/mol. The number of aliphatic hydroxyl groups excluding tert-OH is 2. The summed E-state index contributed by atoms with van der Waals surface area (Å²) in [6.07, 6.45) is -4.71. The van der Waals surface area contributed by atoms with Crippen LogP contribution in [0.5, 0.6) is 11.5 Å². The molecule has 8 nitrogen and oxygen atoms in total. The molecular formula is C20H22O8. The summed E-state index contributed by atoms with van der Waals surface area (Å²) < 4.78 is 23.6. The Kier molecular flexibility index (Phi) is 5.49. The van der Waals surface area contributed by atoms with E-state index < -0.39 is 43.6 Å². The third-order valence-corrected chi connectivity index (χ3v) is 4.86. The van der Waals surface area contributed by atoms with E-state index in [4.69, 9.17) is 18.9 Å². The maximum absolute atomic E-state index is 10.3. The Labute approximate surface area is 161 Å². The fourth-order valence-electron chi connectivity index (χ4n) is 3.37. The molecule has 4 N–H and O–H groups in total. The molecule has 2 heterocycles. The van der Waals surface area contributed by atoms with Crippen LogP contribution in [0.4, 0.5) is 0 Å². The summed E-state index contributed by atoms with van der Waals surface area (Å²) in [5.74, 6) is 0.248. The molecule has 2 fully saturated rings. The van der Waals surface area contributed by atoms with E-state index >= 15 is 0 Å². The molecule has 2 aromatic rings. The highest BCUT2D eigenvalue weighted by Gasteiger charge is 2.48. The van der Waals surface area contributed by atoms with E-state index in [-0.39, 0.29) is 18.1 Å². The minimum Gasteiger partial charge on any atom is -0.508 e. The van der Waals surface area contributed by atoms with E-state index in [1.807, 2.05) is 0 Å². The number of phenolic OH excluding ortho intramolecular Hbond substituents is 2. The van der Waals surface area contributed by atoms with Gasteiger partial charge in [-0.2, -0.15) is 0 Å². The van der Waals surface area contributed by atoms with Crippen LogP contribution in [-0.2, 0) is 18.9 Å². The Morgan fingerprint density at radius 1 is 0.821 bits per heavy atom. The average Bonchev–Trinajstić information content (AvgIpc) is 2.73. The first-order chi connectivity index (χ1) is 13.5. The summed E-state index contributed by atoms with van der Waals surface area (Å²) in [4.78, 5) is 0. The lowest BCUT2D eigenvalue weighted by Crippen LogP contribution is -2.58. The van der Waals surface area contributed by atoms with Crippen molar-refractivity contribution in [2.24, 2.45) is 0 Å². The third kappa shape index (κ3) is 3.83. The molecule has 2 aromatic carbocycles. The molecule has 2 aliphatic rings. The minimum atomic E-state index is -1.17. The molecule has 2 saturated heterocycles. The van der Waals surface area contributed by atoms with Crippen molar-refractivity contribution in [3.63, 3.8) is 0 Å². The van der Waals surface area contributed by atoms with E-state index in [9.17, 15) is 20.4 Å². The van der Waals surface area contributed by atoms with Gasteiger partial charge in [-0.15, -0.1) is 0 Å². The standard InChI is InChI=1S/C20H22O8/c21-9-15(24)17-18-16(26-20(27-17)12-3-7-14(23)8-4-12)10-25-19(28-18)11-1-5-13(22)6-2-11/h1-8,15-24H,9-10H2/t15-,16+,17+,18+,19?,20?/m1/s1. The lowest BCUT2D eigenvalue weighted by Gasteiger charge is -2.47. The second kappa shape index (κ2) is 8.04. The van der Waals surface area contributed by atoms with Crippen LogP contribution >= 0.6 is 0 Å². The zero-order valence-electron chi connectivity index (χ0n) is 14.9. The van der Waals surface area contributed by atoms with Crippen molar-refractivity contribution in [3.05, 3.63) is 59.7 Å². The van der Waals surface area contributed by atoms with Gasteiger partial charge in [0, 0.05) is 11.1 Å². The van der Waals surface area contributed by atoms with Gasteiger partial charge in [-0.1, -0.05) is 24.3 Å². The van der Waals surface area contributed by atoms with Gasteiger partial charge in [0.05, 0.1) is 13.2 Å². The number of fused-ring (bicyclic) bond motifs is 1. The van der Waals surface area contributed by atoms with Gasteiger partial charge < -0.3 is 39.4 Å². The van der Waals surface area contributed by atoms with E-state index in [1.54, 1.807) is 24.3 Å². The highest BCUT2D eigenvalue weighted by Crippen LogP contribution is 2.39. The molecule has 0 bridgehead atoms. The average molecular weight is 390 g/mol. The Bertz CT molecular complexity index is 776. The van der Waals surface area contributed by atoms with Crippen LogP contribution in [0.15, 0.2) is 48.5 Å². The number of hydrogen-bond acceptors (Lipinski definition) is 8. The van der Waals surface area contributed by atoms with Crippen LogP contribution in [-0.4, -0.2) is 58.1 Å². The van der Waals surface area contributed by atoms with Crippen molar-refractivity contribution in [1.82, 2.24) is 0 Å². The van der Waals surface area contributed by atoms with Gasteiger partial charge in [-0.25, -0.2) is 0 Å². The predicted molar refractivity (Wildman–Crippen MR) is 95.4 cm³/mol. The largest absolute Gasteiger partial charge is 0.508 e. The quantitative estimate of drug-likeness (QED) is 0.618. The Hall–Kier alpha value is -2.20. The van der Waals surface area contributed by atoms with Gasteiger partial charge in [-0.3, -0.25) is 0 Å². The van der Waals surface area contributed by atoms with Crippen molar-refractivity contribution < 1.29 is 39.4 Å². The third-order valence-electron chi connectivity index (χ3n) is 4.86. The van der Waals surface area contributed by atoms with Gasteiger partial charge in [0.15, 0.2) is 12.6 Å². The fourth-order valence-corrected chi connectivity index (χ4v) is 3.37. The SMILES string of the molecule is OC[C@@H](O)[C@@H]1OC(c2ccc(O)cc2)O[C@H]2COC(c3ccc(O)cc3)O[C@H]12. The Balaban J connectivity index is 1.55. The molecular weight excluding hydrogens is 368 g/mol. The molecule has 0 aliphatic carbocycles. The summed E-state index contributed by atoms with van der Waals surface area (Å²) in [5, 5.41) is 38.7. The van der Waals surface area contributed by atoms with Crippen LogP contribution in [0.1, 0.15) is 23.7 Å². The second-order valence-electron chi connectivity index (χ2n) is 6.81. The highest BCUT2D eigenvalue weighted by atomic mass is 16.8. The number of aliphatic hydroxyl groups is 2. The molecule has 8 heteroatoms. The second-order valence-corrected chi connectivity index (χ2v) is 6.81. The molecule has 6 atom stereocenters. The molecule has 2 unspecified atom stereocenters. The molecule has 4 rings (SSSR count). The normalized spacial score (nSPS) is 31.1. The van der Waals surface area contributed by atoms with E-state index in [0.717, 1.165) is 0 Å². The van der Waals surface area contributed by atoms with Gasteiger partial charge in [0.1, 0.15) is 35.9 Å². The van der Waals surface area contributed by atoms with Crippen molar-refractivity contribution in [2.75, 3.05) is 13.2 Å². The first kappa shape index (κ1) is 19.1. The maximum atomic E-state index is 10.3. The van der Waals surface area contributed by atoms with Gasteiger partial charge in [-0.05, 0) is 24.3 Å². The smallest absolute Gasteiger partial charge is 0.184 e. The summed E-state index contributed by atoms with van der Waals surface area (Å²) in [5.41, 5.74) is 1.36. The molecule has 28 heavy (non-hydrogen) atoms. The number of ether oxygens (including phenoxy) is 4. The number of hydrogen-bond donors (Lipinski definition) is 4. The summed E-state index contributed by atoms with van der Waals surface area (Å²) in [6, 6.07) is 12.8. The summed E-state index contributed by atoms with van der Waals surface area (Å²) in [7, 11) is 0. The van der Waals surface area contributed by atoms with Gasteiger partial charge >= 0.3 is 0 Å². The molecule has 0 spiro atoms. The summed E-state index contributed by atoms with van der Waals surface area (Å²) in [6.45, 7) is -0.299. The molecule has 0 radical (unpaired) electrons. The van der Waals surface area contributed by atoms with Crippen LogP contribution < -0.4 is 0 Å². The zero-order chi connectivity index (χ0) is 19.7. The topological polar surface area (TPSA) is 118 Å². The van der Waals surface area contributed by atoms with Crippen LogP contribution in [0, 0.1) is 0 Å². The molecule has 0 aromatic heterocycles. The first-order valence-electron chi connectivity index (χ1n) is 9.00.